The van der Waals surface area contributed by atoms with E-state index in [1.54, 1.807) is 0 Å². The molecule has 1 N–H and O–H groups in total. The van der Waals surface area contributed by atoms with E-state index in [-0.39, 0.29) is 11.4 Å². The van der Waals surface area contributed by atoms with Gasteiger partial charge in [0.15, 0.2) is 4.90 Å². The van der Waals surface area contributed by atoms with E-state index in [1.165, 1.54) is 51.6 Å². The van der Waals surface area contributed by atoms with Crippen LogP contribution in [0.25, 0.3) is 0 Å². The second kappa shape index (κ2) is 8.57. The number of carbonyl (C=O) groups excluding carboxylic acids is 1. The van der Waals surface area contributed by atoms with E-state index >= 15 is 0 Å². The molecule has 2 rings (SSSR count). The number of carbonyl (C=O) groups is 1. The predicted molar refractivity (Wildman–Crippen MR) is 101 cm³/mol. The molecule has 0 aliphatic rings. The molecule has 10 nitrogen and oxygen atoms in total. The van der Waals surface area contributed by atoms with Gasteiger partial charge >= 0.3 is 0 Å². The van der Waals surface area contributed by atoms with Crippen LogP contribution in [0.2, 0.25) is 0 Å². The molecule has 2 aromatic carbocycles. The Bertz CT molecular complexity index is 992. The summed E-state index contributed by atoms with van der Waals surface area (Å²) < 4.78 is 37.7. The van der Waals surface area contributed by atoms with Crippen molar-refractivity contribution in [2.24, 2.45) is 0 Å². The van der Waals surface area contributed by atoms with Crippen LogP contribution >= 0.6 is 0 Å². The minimum atomic E-state index is -4.48. The largest absolute Gasteiger partial charge is 0.497 e. The molecule has 0 spiro atoms. The van der Waals surface area contributed by atoms with E-state index in [4.69, 9.17) is 9.47 Å². The number of anilines is 1. The fraction of sp³-hybridized carbons (Fsp3) is 0.235. The maximum Gasteiger partial charge on any atom is 0.289 e. The number of likely N-dealkylation sites (N-methyl/N-ethyl adjacent to an activating group) is 1. The third-order valence-corrected chi connectivity index (χ3v) is 5.66. The number of hydrogen-bond acceptors (Lipinski definition) is 7. The van der Waals surface area contributed by atoms with Crippen molar-refractivity contribution in [1.82, 2.24) is 5.32 Å². The molecule has 1 amide bonds. The molecule has 0 bridgehead atoms. The number of nitrogens with zero attached hydrogens (tertiary/aromatic N) is 2. The molecule has 0 aliphatic carbocycles. The zero-order chi connectivity index (χ0) is 20.9. The molecule has 2 aromatic rings. The Morgan fingerprint density at radius 2 is 1.86 bits per heavy atom. The Morgan fingerprint density at radius 3 is 2.43 bits per heavy atom. The second-order valence-corrected chi connectivity index (χ2v) is 7.28. The molecule has 0 saturated carbocycles. The average Bonchev–Trinajstić information content (AvgIpc) is 2.71. The van der Waals surface area contributed by atoms with Gasteiger partial charge in [0.25, 0.3) is 15.7 Å². The highest BCUT2D eigenvalue weighted by molar-refractivity contribution is 7.93. The number of amides is 1. The van der Waals surface area contributed by atoms with Crippen molar-refractivity contribution in [3.8, 4) is 11.5 Å². The second-order valence-electron chi connectivity index (χ2n) is 5.45. The summed E-state index contributed by atoms with van der Waals surface area (Å²) in [5.41, 5.74) is -0.568. The lowest BCUT2D eigenvalue weighted by Gasteiger charge is -2.25. The molecule has 150 valence electrons. The Labute approximate surface area is 161 Å². The Kier molecular flexibility index (Phi) is 6.41. The lowest BCUT2D eigenvalue weighted by atomic mass is 10.2. The summed E-state index contributed by atoms with van der Waals surface area (Å²) in [4.78, 5) is 22.0. The van der Waals surface area contributed by atoms with Gasteiger partial charge in [0.1, 0.15) is 18.0 Å². The summed E-state index contributed by atoms with van der Waals surface area (Å²) in [6, 6.07) is 9.24. The number of para-hydroxylation sites is 1. The van der Waals surface area contributed by atoms with Crippen LogP contribution in [-0.4, -0.2) is 47.1 Å². The van der Waals surface area contributed by atoms with Gasteiger partial charge in [-0.15, -0.1) is 0 Å². The number of methoxy groups -OCH3 is 2. The minimum absolute atomic E-state index is 0.0325. The van der Waals surface area contributed by atoms with Gasteiger partial charge in [-0.2, -0.15) is 0 Å². The molecule has 0 saturated heterocycles. The van der Waals surface area contributed by atoms with Gasteiger partial charge in [-0.25, -0.2) is 8.42 Å². The molecular weight excluding hydrogens is 390 g/mol. The highest BCUT2D eigenvalue weighted by Gasteiger charge is 2.34. The first-order valence-electron chi connectivity index (χ1n) is 7.95. The number of hydrogen-bond donors (Lipinski definition) is 1. The maximum atomic E-state index is 13.3. The van der Waals surface area contributed by atoms with Crippen molar-refractivity contribution >= 4 is 27.3 Å². The quantitative estimate of drug-likeness (QED) is 0.517. The van der Waals surface area contributed by atoms with Gasteiger partial charge in [-0.05, 0) is 18.2 Å². The summed E-state index contributed by atoms with van der Waals surface area (Å²) in [5.74, 6) is -0.0889. The standard InChI is InChI=1S/C17H19N3O7S/c1-18-17(21)11-19(13-9-8-12(26-2)10-15(13)27-3)28(24,25)16-7-5-4-6-14(16)20(22)23/h4-10H,11H2,1-3H3,(H,18,21). The molecular formula is C17H19N3O7S. The van der Waals surface area contributed by atoms with Gasteiger partial charge in [0.05, 0.1) is 24.8 Å². The molecule has 0 radical (unpaired) electrons. The SMILES string of the molecule is CNC(=O)CN(c1ccc(OC)cc1OC)S(=O)(=O)c1ccccc1[N+](=O)[O-]. The highest BCUT2D eigenvalue weighted by atomic mass is 32.2. The normalized spacial score (nSPS) is 10.8. The zero-order valence-electron chi connectivity index (χ0n) is 15.4. The third kappa shape index (κ3) is 4.14. The number of nitrogens with one attached hydrogen (secondary N) is 1. The van der Waals surface area contributed by atoms with Crippen LogP contribution in [0.1, 0.15) is 0 Å². The van der Waals surface area contributed by atoms with E-state index in [0.717, 1.165) is 16.4 Å². The summed E-state index contributed by atoms with van der Waals surface area (Å²) in [5, 5.41) is 13.7. The molecule has 0 fully saturated rings. The van der Waals surface area contributed by atoms with Crippen molar-refractivity contribution in [1.29, 1.82) is 0 Å². The van der Waals surface area contributed by atoms with Crippen LogP contribution in [0.5, 0.6) is 11.5 Å². The lowest BCUT2D eigenvalue weighted by molar-refractivity contribution is -0.387. The first kappa shape index (κ1) is 21.0. The first-order valence-corrected chi connectivity index (χ1v) is 9.39. The van der Waals surface area contributed by atoms with E-state index in [0.29, 0.717) is 5.75 Å². The van der Waals surface area contributed by atoms with E-state index in [2.05, 4.69) is 5.32 Å². The molecule has 0 heterocycles. The molecule has 28 heavy (non-hydrogen) atoms. The maximum absolute atomic E-state index is 13.3. The fourth-order valence-corrected chi connectivity index (χ4v) is 4.04. The van der Waals surface area contributed by atoms with Crippen molar-refractivity contribution in [3.05, 3.63) is 52.6 Å². The topological polar surface area (TPSA) is 128 Å². The number of ether oxygens (including phenoxy) is 2. The molecule has 0 atom stereocenters. The smallest absolute Gasteiger partial charge is 0.289 e. The highest BCUT2D eigenvalue weighted by Crippen LogP contribution is 2.37. The Morgan fingerprint density at radius 1 is 1.18 bits per heavy atom. The van der Waals surface area contributed by atoms with Gasteiger partial charge < -0.3 is 14.8 Å². The Balaban J connectivity index is 2.71. The Hall–Kier alpha value is -3.34. The molecule has 0 aliphatic heterocycles. The number of nitro benzene ring substituents is 1. The molecule has 0 unspecified atom stereocenters. The van der Waals surface area contributed by atoms with Crippen molar-refractivity contribution in [3.63, 3.8) is 0 Å². The number of rotatable bonds is 8. The van der Waals surface area contributed by atoms with E-state index < -0.39 is 38.0 Å². The number of nitro groups is 1. The average molecular weight is 409 g/mol. The number of sulfonamides is 1. The summed E-state index contributed by atoms with van der Waals surface area (Å²) in [7, 11) is -0.368. The fourth-order valence-electron chi connectivity index (χ4n) is 2.44. The van der Waals surface area contributed by atoms with Crippen LogP contribution < -0.4 is 19.1 Å². The summed E-state index contributed by atoms with van der Waals surface area (Å²) >= 11 is 0. The van der Waals surface area contributed by atoms with Crippen LogP contribution in [0.3, 0.4) is 0 Å². The van der Waals surface area contributed by atoms with Crippen molar-refractivity contribution < 1.29 is 27.6 Å². The molecule has 0 aromatic heterocycles. The monoisotopic (exact) mass is 409 g/mol. The van der Waals surface area contributed by atoms with Crippen LogP contribution in [0.4, 0.5) is 11.4 Å². The van der Waals surface area contributed by atoms with E-state index in [1.807, 2.05) is 0 Å². The van der Waals surface area contributed by atoms with E-state index in [9.17, 15) is 23.3 Å². The lowest BCUT2D eigenvalue weighted by Crippen LogP contribution is -2.40. The minimum Gasteiger partial charge on any atom is -0.497 e. The van der Waals surface area contributed by atoms with Crippen molar-refractivity contribution in [2.75, 3.05) is 32.1 Å². The van der Waals surface area contributed by atoms with Gasteiger partial charge in [0, 0.05) is 19.2 Å². The zero-order valence-corrected chi connectivity index (χ0v) is 16.2. The van der Waals surface area contributed by atoms with Gasteiger partial charge in [0.2, 0.25) is 5.91 Å². The first-order chi connectivity index (χ1) is 13.3. The van der Waals surface area contributed by atoms with Crippen LogP contribution in [0, 0.1) is 10.1 Å². The third-order valence-electron chi connectivity index (χ3n) is 3.85. The summed E-state index contributed by atoms with van der Waals surface area (Å²) in [6.07, 6.45) is 0. The number of benzene rings is 2. The van der Waals surface area contributed by atoms with Crippen LogP contribution in [0.15, 0.2) is 47.4 Å². The van der Waals surface area contributed by atoms with Crippen molar-refractivity contribution in [2.45, 2.75) is 4.90 Å². The van der Waals surface area contributed by atoms with Gasteiger partial charge in [-0.1, -0.05) is 12.1 Å². The van der Waals surface area contributed by atoms with Gasteiger partial charge in [-0.3, -0.25) is 19.2 Å². The molecule has 11 heteroatoms. The summed E-state index contributed by atoms with van der Waals surface area (Å²) in [6.45, 7) is -0.604. The predicted octanol–water partition coefficient (Wildman–Crippen LogP) is 1.55. The van der Waals surface area contributed by atoms with Crippen LogP contribution in [-0.2, 0) is 14.8 Å².